The third-order valence-corrected chi connectivity index (χ3v) is 3.46. The SMILES string of the molecule is Cc1cc(C#N)cc(S(=O)(=O)Cl)c1C. The molecular formula is C9H8ClNO2S. The van der Waals surface area contributed by atoms with E-state index in [1.165, 1.54) is 6.07 Å². The molecule has 0 aromatic heterocycles. The second kappa shape index (κ2) is 3.60. The van der Waals surface area contributed by atoms with Crippen molar-refractivity contribution in [3.63, 3.8) is 0 Å². The Hall–Kier alpha value is -1.05. The van der Waals surface area contributed by atoms with Crippen molar-refractivity contribution in [1.29, 1.82) is 5.26 Å². The molecule has 0 aliphatic carbocycles. The van der Waals surface area contributed by atoms with Crippen molar-refractivity contribution < 1.29 is 8.42 Å². The lowest BCUT2D eigenvalue weighted by Crippen LogP contribution is -1.98. The van der Waals surface area contributed by atoms with Crippen LogP contribution in [-0.4, -0.2) is 8.42 Å². The minimum absolute atomic E-state index is 0.00992. The molecule has 0 N–H and O–H groups in total. The Morgan fingerprint density at radius 1 is 1.36 bits per heavy atom. The number of nitrogens with zero attached hydrogens (tertiary/aromatic N) is 1. The normalized spacial score (nSPS) is 11.0. The lowest BCUT2D eigenvalue weighted by molar-refractivity contribution is 0.609. The molecule has 1 aromatic rings. The monoisotopic (exact) mass is 229 g/mol. The average molecular weight is 230 g/mol. The van der Waals surface area contributed by atoms with Crippen LogP contribution in [0.2, 0.25) is 0 Å². The van der Waals surface area contributed by atoms with E-state index in [0.717, 1.165) is 5.56 Å². The van der Waals surface area contributed by atoms with Crippen LogP contribution >= 0.6 is 10.7 Å². The van der Waals surface area contributed by atoms with Crippen molar-refractivity contribution in [1.82, 2.24) is 0 Å². The molecule has 0 atom stereocenters. The van der Waals surface area contributed by atoms with E-state index in [0.29, 0.717) is 11.1 Å². The molecule has 0 saturated carbocycles. The van der Waals surface area contributed by atoms with E-state index >= 15 is 0 Å². The molecule has 0 radical (unpaired) electrons. The van der Waals surface area contributed by atoms with Crippen LogP contribution in [0.15, 0.2) is 17.0 Å². The topological polar surface area (TPSA) is 57.9 Å². The number of benzene rings is 1. The second-order valence-corrected chi connectivity index (χ2v) is 5.50. The van der Waals surface area contributed by atoms with Crippen molar-refractivity contribution in [2.75, 3.05) is 0 Å². The molecule has 0 spiro atoms. The van der Waals surface area contributed by atoms with Crippen LogP contribution in [0.3, 0.4) is 0 Å². The smallest absolute Gasteiger partial charge is 0.207 e. The number of nitriles is 1. The van der Waals surface area contributed by atoms with Crippen LogP contribution in [0.1, 0.15) is 16.7 Å². The van der Waals surface area contributed by atoms with Gasteiger partial charge in [-0.2, -0.15) is 5.26 Å². The summed E-state index contributed by atoms with van der Waals surface area (Å²) in [6, 6.07) is 4.79. The van der Waals surface area contributed by atoms with Gasteiger partial charge in [0.25, 0.3) is 9.05 Å². The summed E-state index contributed by atoms with van der Waals surface area (Å²) in [4.78, 5) is 0.00992. The highest BCUT2D eigenvalue weighted by Crippen LogP contribution is 2.23. The first-order valence-electron chi connectivity index (χ1n) is 3.82. The van der Waals surface area contributed by atoms with Gasteiger partial charge in [-0.3, -0.25) is 0 Å². The van der Waals surface area contributed by atoms with Gasteiger partial charge in [0.05, 0.1) is 16.5 Å². The fraction of sp³-hybridized carbons (Fsp3) is 0.222. The quantitative estimate of drug-likeness (QED) is 0.693. The van der Waals surface area contributed by atoms with Gasteiger partial charge in [-0.05, 0) is 37.1 Å². The largest absolute Gasteiger partial charge is 0.261 e. The Bertz CT molecular complexity index is 514. The van der Waals surface area contributed by atoms with Gasteiger partial charge in [-0.1, -0.05) is 0 Å². The maximum Gasteiger partial charge on any atom is 0.261 e. The maximum atomic E-state index is 11.1. The molecule has 0 bridgehead atoms. The Morgan fingerprint density at radius 3 is 2.36 bits per heavy atom. The van der Waals surface area contributed by atoms with Gasteiger partial charge in [-0.15, -0.1) is 0 Å². The number of halogens is 1. The van der Waals surface area contributed by atoms with Crippen molar-refractivity contribution in [2.24, 2.45) is 0 Å². The summed E-state index contributed by atoms with van der Waals surface area (Å²) >= 11 is 0. The lowest BCUT2D eigenvalue weighted by Gasteiger charge is -2.05. The average Bonchev–Trinajstić information content (AvgIpc) is 2.07. The van der Waals surface area contributed by atoms with E-state index in [4.69, 9.17) is 15.9 Å². The summed E-state index contributed by atoms with van der Waals surface area (Å²) < 4.78 is 22.3. The van der Waals surface area contributed by atoms with E-state index in [1.54, 1.807) is 19.9 Å². The fourth-order valence-corrected chi connectivity index (χ4v) is 2.42. The summed E-state index contributed by atoms with van der Waals surface area (Å²) in [6.45, 7) is 3.40. The molecule has 1 aromatic carbocycles. The first-order chi connectivity index (χ1) is 6.36. The van der Waals surface area contributed by atoms with Gasteiger partial charge in [-0.25, -0.2) is 8.42 Å². The van der Waals surface area contributed by atoms with Gasteiger partial charge in [0.15, 0.2) is 0 Å². The van der Waals surface area contributed by atoms with E-state index in [2.05, 4.69) is 0 Å². The van der Waals surface area contributed by atoms with Gasteiger partial charge >= 0.3 is 0 Å². The highest BCUT2D eigenvalue weighted by Gasteiger charge is 2.15. The molecule has 1 rings (SSSR count). The number of hydrogen-bond donors (Lipinski definition) is 0. The minimum Gasteiger partial charge on any atom is -0.207 e. The zero-order chi connectivity index (χ0) is 10.9. The number of rotatable bonds is 1. The number of hydrogen-bond acceptors (Lipinski definition) is 3. The molecule has 0 saturated heterocycles. The molecule has 0 aliphatic rings. The molecule has 74 valence electrons. The van der Waals surface area contributed by atoms with Crippen LogP contribution in [0, 0.1) is 25.2 Å². The van der Waals surface area contributed by atoms with Gasteiger partial charge < -0.3 is 0 Å². The minimum atomic E-state index is -3.77. The summed E-state index contributed by atoms with van der Waals surface area (Å²) in [5.74, 6) is 0. The van der Waals surface area contributed by atoms with Crippen LogP contribution in [-0.2, 0) is 9.05 Å². The molecular weight excluding hydrogens is 222 g/mol. The third-order valence-electron chi connectivity index (χ3n) is 2.01. The van der Waals surface area contributed by atoms with Crippen molar-refractivity contribution in [2.45, 2.75) is 18.7 Å². The van der Waals surface area contributed by atoms with E-state index in [1.807, 2.05) is 6.07 Å². The molecule has 0 unspecified atom stereocenters. The zero-order valence-electron chi connectivity index (χ0n) is 7.70. The zero-order valence-corrected chi connectivity index (χ0v) is 9.28. The van der Waals surface area contributed by atoms with Crippen LogP contribution < -0.4 is 0 Å². The van der Waals surface area contributed by atoms with Gasteiger partial charge in [0, 0.05) is 10.7 Å². The summed E-state index contributed by atoms with van der Waals surface area (Å²) in [6.07, 6.45) is 0. The van der Waals surface area contributed by atoms with Crippen LogP contribution in [0.25, 0.3) is 0 Å². The Morgan fingerprint density at radius 2 is 1.93 bits per heavy atom. The Labute approximate surface area is 87.4 Å². The van der Waals surface area contributed by atoms with Crippen LogP contribution in [0.5, 0.6) is 0 Å². The van der Waals surface area contributed by atoms with E-state index in [9.17, 15) is 8.42 Å². The molecule has 5 heteroatoms. The summed E-state index contributed by atoms with van der Waals surface area (Å²) in [5, 5.41) is 8.66. The van der Waals surface area contributed by atoms with Crippen LogP contribution in [0.4, 0.5) is 0 Å². The molecule has 0 aliphatic heterocycles. The van der Waals surface area contributed by atoms with E-state index in [-0.39, 0.29) is 4.90 Å². The molecule has 0 fully saturated rings. The lowest BCUT2D eigenvalue weighted by atomic mass is 10.1. The van der Waals surface area contributed by atoms with Gasteiger partial charge in [0.1, 0.15) is 0 Å². The summed E-state index contributed by atoms with van der Waals surface area (Å²) in [7, 11) is 1.46. The maximum absolute atomic E-state index is 11.1. The fourth-order valence-electron chi connectivity index (χ4n) is 1.14. The number of aryl methyl sites for hydroxylation is 1. The molecule has 0 heterocycles. The highest BCUT2D eigenvalue weighted by molar-refractivity contribution is 8.13. The third kappa shape index (κ3) is 2.06. The van der Waals surface area contributed by atoms with Crippen molar-refractivity contribution in [3.8, 4) is 6.07 Å². The molecule has 0 amide bonds. The predicted molar refractivity (Wildman–Crippen MR) is 53.7 cm³/mol. The first-order valence-corrected chi connectivity index (χ1v) is 6.13. The standard InChI is InChI=1S/C9H8ClNO2S/c1-6-3-8(5-11)4-9(7(6)2)14(10,12)13/h3-4H,1-2H3. The Kier molecular flexibility index (Phi) is 2.84. The molecule has 14 heavy (non-hydrogen) atoms. The van der Waals surface area contributed by atoms with Crippen molar-refractivity contribution in [3.05, 3.63) is 28.8 Å². The Balaban J connectivity index is 3.61. The second-order valence-electron chi connectivity index (χ2n) is 2.97. The summed E-state index contributed by atoms with van der Waals surface area (Å²) in [5.41, 5.74) is 1.62. The predicted octanol–water partition coefficient (Wildman–Crippen LogP) is 2.10. The van der Waals surface area contributed by atoms with Gasteiger partial charge in [0.2, 0.25) is 0 Å². The van der Waals surface area contributed by atoms with Crippen molar-refractivity contribution >= 4 is 19.7 Å². The molecule has 3 nitrogen and oxygen atoms in total. The first kappa shape index (κ1) is 11.0. The highest BCUT2D eigenvalue weighted by atomic mass is 35.7. The van der Waals surface area contributed by atoms with E-state index < -0.39 is 9.05 Å².